The van der Waals surface area contributed by atoms with Gasteiger partial charge >= 0.3 is 0 Å². The first-order valence-corrected chi connectivity index (χ1v) is 20.8. The number of thiophene rings is 1. The van der Waals surface area contributed by atoms with Gasteiger partial charge in [-0.25, -0.2) is 0 Å². The van der Waals surface area contributed by atoms with Gasteiger partial charge in [0.05, 0.1) is 16.8 Å². The minimum atomic E-state index is -0.553. The second-order valence-electron chi connectivity index (χ2n) is 15.2. The topological polar surface area (TPSA) is 6.48 Å². The summed E-state index contributed by atoms with van der Waals surface area (Å²) in [4.78, 5) is 6.24. The molecule has 12 rings (SSSR count). The van der Waals surface area contributed by atoms with Crippen LogP contribution >= 0.6 is 11.3 Å². The zero-order valence-corrected chi connectivity index (χ0v) is 32.4. The molecule has 9 aromatic carbocycles. The molecule has 2 aliphatic carbocycles. The van der Waals surface area contributed by atoms with Crippen molar-refractivity contribution in [3.63, 3.8) is 0 Å². The summed E-state index contributed by atoms with van der Waals surface area (Å²) in [5.74, 6) is 0. The standard InChI is InChI=1S/C55H36N2S/c1-4-20-38(21-5-1)56(39-22-6-2-7-23-39)41-34-35-44-48(36-41)55(53-45-28-13-15-33-51(45)58-54(44)53)46-29-14-12-27-43(46)52-47(55)30-17-32-50(52)57(40-24-8-3-9-25-40)49-31-16-19-37-18-10-11-26-42(37)49/h1-36H. The predicted molar refractivity (Wildman–Crippen MR) is 245 cm³/mol. The Hall–Kier alpha value is -7.20. The van der Waals surface area contributed by atoms with E-state index in [2.05, 4.69) is 228 Å². The average Bonchev–Trinajstić information content (AvgIpc) is 3.92. The molecule has 58 heavy (non-hydrogen) atoms. The third-order valence-corrected chi connectivity index (χ3v) is 13.4. The van der Waals surface area contributed by atoms with Crippen molar-refractivity contribution in [2.75, 3.05) is 9.80 Å². The second kappa shape index (κ2) is 12.9. The minimum absolute atomic E-state index is 0.553. The van der Waals surface area contributed by atoms with Crippen LogP contribution in [-0.4, -0.2) is 0 Å². The number of anilines is 6. The SMILES string of the molecule is c1ccc(N(c2ccccc2)c2ccc3c(c2)C2(c4ccccc4-c4c(N(c5ccccc5)c5cccc6ccccc56)cccc42)c2c-3sc3ccccc23)cc1. The molecule has 0 fully saturated rings. The van der Waals surface area contributed by atoms with Crippen LogP contribution in [0.15, 0.2) is 218 Å². The highest BCUT2D eigenvalue weighted by molar-refractivity contribution is 7.22. The summed E-state index contributed by atoms with van der Waals surface area (Å²) < 4.78 is 1.32. The highest BCUT2D eigenvalue weighted by Crippen LogP contribution is 2.68. The summed E-state index contributed by atoms with van der Waals surface area (Å²) in [5.41, 5.74) is 15.5. The maximum absolute atomic E-state index is 2.50. The van der Waals surface area contributed by atoms with Gasteiger partial charge in [0.15, 0.2) is 0 Å². The fourth-order valence-electron chi connectivity index (χ4n) is 9.97. The highest BCUT2D eigenvalue weighted by atomic mass is 32.1. The molecule has 1 atom stereocenters. The van der Waals surface area contributed by atoms with E-state index >= 15 is 0 Å². The second-order valence-corrected chi connectivity index (χ2v) is 16.3. The summed E-state index contributed by atoms with van der Waals surface area (Å²) in [6, 6.07) is 80.3. The van der Waals surface area contributed by atoms with E-state index in [1.807, 2.05) is 11.3 Å². The Balaban J connectivity index is 1.19. The van der Waals surface area contributed by atoms with Gasteiger partial charge in [0.25, 0.3) is 0 Å². The monoisotopic (exact) mass is 756 g/mol. The third-order valence-electron chi connectivity index (χ3n) is 12.2. The Morgan fingerprint density at radius 1 is 0.362 bits per heavy atom. The number of benzene rings is 9. The summed E-state index contributed by atoms with van der Waals surface area (Å²) in [7, 11) is 0. The Kier molecular flexibility index (Phi) is 7.35. The van der Waals surface area contributed by atoms with Crippen molar-refractivity contribution in [3.8, 4) is 21.6 Å². The number of rotatable bonds is 6. The van der Waals surface area contributed by atoms with Gasteiger partial charge < -0.3 is 9.80 Å². The Morgan fingerprint density at radius 3 is 1.69 bits per heavy atom. The molecule has 1 aromatic heterocycles. The fourth-order valence-corrected chi connectivity index (χ4v) is 11.3. The van der Waals surface area contributed by atoms with E-state index in [1.54, 1.807) is 0 Å². The van der Waals surface area contributed by atoms with Crippen LogP contribution in [0, 0.1) is 0 Å². The van der Waals surface area contributed by atoms with Gasteiger partial charge in [-0.05, 0) is 111 Å². The van der Waals surface area contributed by atoms with Gasteiger partial charge in [-0.15, -0.1) is 11.3 Å². The molecule has 272 valence electrons. The lowest BCUT2D eigenvalue weighted by Crippen LogP contribution is -2.26. The Labute approximate surface area is 342 Å². The molecule has 3 heteroatoms. The molecule has 2 aliphatic rings. The first kappa shape index (κ1) is 33.0. The van der Waals surface area contributed by atoms with Gasteiger partial charge in [0.2, 0.25) is 0 Å². The number of nitrogens with zero attached hydrogens (tertiary/aromatic N) is 2. The van der Waals surface area contributed by atoms with Crippen molar-refractivity contribution in [2.24, 2.45) is 0 Å². The van der Waals surface area contributed by atoms with Crippen molar-refractivity contribution >= 4 is 66.3 Å². The van der Waals surface area contributed by atoms with E-state index in [9.17, 15) is 0 Å². The first-order chi connectivity index (χ1) is 28.8. The Bertz CT molecular complexity index is 3140. The molecule has 0 saturated carbocycles. The third kappa shape index (κ3) is 4.65. The summed E-state index contributed by atoms with van der Waals surface area (Å²) in [5, 5.41) is 3.76. The van der Waals surface area contributed by atoms with Crippen LogP contribution in [0.25, 0.3) is 42.4 Å². The largest absolute Gasteiger partial charge is 0.310 e. The highest BCUT2D eigenvalue weighted by Gasteiger charge is 2.54. The van der Waals surface area contributed by atoms with Crippen molar-refractivity contribution < 1.29 is 0 Å². The van der Waals surface area contributed by atoms with E-state index in [4.69, 9.17) is 0 Å². The van der Waals surface area contributed by atoms with Crippen LogP contribution in [0.4, 0.5) is 34.1 Å². The van der Waals surface area contributed by atoms with Crippen LogP contribution in [0.2, 0.25) is 0 Å². The van der Waals surface area contributed by atoms with E-state index in [0.29, 0.717) is 0 Å². The van der Waals surface area contributed by atoms with Crippen molar-refractivity contribution in [3.05, 3.63) is 241 Å². The van der Waals surface area contributed by atoms with E-state index in [0.717, 1.165) is 28.4 Å². The molecule has 1 spiro atoms. The van der Waals surface area contributed by atoms with Crippen LogP contribution in [0.5, 0.6) is 0 Å². The summed E-state index contributed by atoms with van der Waals surface area (Å²) in [6.45, 7) is 0. The molecule has 1 heterocycles. The van der Waals surface area contributed by atoms with Crippen molar-refractivity contribution in [1.82, 2.24) is 0 Å². The first-order valence-electron chi connectivity index (χ1n) is 19.9. The van der Waals surface area contributed by atoms with Gasteiger partial charge in [-0.1, -0.05) is 152 Å². The van der Waals surface area contributed by atoms with Gasteiger partial charge in [-0.3, -0.25) is 0 Å². The smallest absolute Gasteiger partial charge is 0.0741 e. The molecule has 0 aliphatic heterocycles. The number of fused-ring (bicyclic) bond motifs is 13. The zero-order chi connectivity index (χ0) is 38.2. The van der Waals surface area contributed by atoms with E-state index in [1.165, 1.54) is 70.4 Å². The normalized spacial score (nSPS) is 14.6. The summed E-state index contributed by atoms with van der Waals surface area (Å²) >= 11 is 1.93. The molecule has 0 radical (unpaired) electrons. The van der Waals surface area contributed by atoms with Crippen LogP contribution in [0.3, 0.4) is 0 Å². The Morgan fingerprint density at radius 2 is 0.931 bits per heavy atom. The number of para-hydroxylation sites is 3. The van der Waals surface area contributed by atoms with Crippen molar-refractivity contribution in [2.45, 2.75) is 5.41 Å². The summed E-state index contributed by atoms with van der Waals surface area (Å²) in [6.07, 6.45) is 0. The quantitative estimate of drug-likeness (QED) is 0.167. The van der Waals surface area contributed by atoms with Crippen LogP contribution in [-0.2, 0) is 5.41 Å². The van der Waals surface area contributed by atoms with Gasteiger partial charge in [0, 0.05) is 43.3 Å². The average molecular weight is 757 g/mol. The molecular weight excluding hydrogens is 721 g/mol. The van der Waals surface area contributed by atoms with Gasteiger partial charge in [0.1, 0.15) is 0 Å². The molecule has 1 unspecified atom stereocenters. The maximum atomic E-state index is 2.50. The predicted octanol–water partition coefficient (Wildman–Crippen LogP) is 15.3. The lowest BCUT2D eigenvalue weighted by Gasteiger charge is -2.33. The maximum Gasteiger partial charge on any atom is 0.0741 e. The fraction of sp³-hybridized carbons (Fsp3) is 0.0182. The zero-order valence-electron chi connectivity index (χ0n) is 31.6. The minimum Gasteiger partial charge on any atom is -0.310 e. The molecule has 2 nitrogen and oxygen atoms in total. The van der Waals surface area contributed by atoms with Crippen molar-refractivity contribution in [1.29, 1.82) is 0 Å². The number of hydrogen-bond acceptors (Lipinski definition) is 3. The van der Waals surface area contributed by atoms with E-state index in [-0.39, 0.29) is 0 Å². The molecule has 0 bridgehead atoms. The molecule has 0 amide bonds. The van der Waals surface area contributed by atoms with Gasteiger partial charge in [-0.2, -0.15) is 0 Å². The molecule has 0 saturated heterocycles. The van der Waals surface area contributed by atoms with E-state index < -0.39 is 5.41 Å². The lowest BCUT2D eigenvalue weighted by molar-refractivity contribution is 0.802. The molecular formula is C55H36N2S. The van der Waals surface area contributed by atoms with Crippen LogP contribution < -0.4 is 9.80 Å². The molecule has 10 aromatic rings. The lowest BCUT2D eigenvalue weighted by atomic mass is 9.70. The number of hydrogen-bond donors (Lipinski definition) is 0. The van der Waals surface area contributed by atoms with Crippen LogP contribution in [0.1, 0.15) is 22.3 Å². The molecule has 0 N–H and O–H groups in total.